The maximum absolute atomic E-state index is 5.65. The van der Waals surface area contributed by atoms with Gasteiger partial charge in [-0.25, -0.2) is 0 Å². The van der Waals surface area contributed by atoms with E-state index in [1.807, 2.05) is 11.7 Å². The minimum atomic E-state index is 0.634. The molecule has 2 N–H and O–H groups in total. The van der Waals surface area contributed by atoms with Gasteiger partial charge >= 0.3 is 0 Å². The van der Waals surface area contributed by atoms with Crippen molar-refractivity contribution in [2.45, 2.75) is 20.3 Å². The molecule has 1 aromatic carbocycles. The van der Waals surface area contributed by atoms with Gasteiger partial charge in [0.15, 0.2) is 0 Å². The Morgan fingerprint density at radius 3 is 2.71 bits per heavy atom. The van der Waals surface area contributed by atoms with Gasteiger partial charge in [0.2, 0.25) is 0 Å². The molecule has 3 heteroatoms. The van der Waals surface area contributed by atoms with Gasteiger partial charge in [-0.05, 0) is 26.0 Å². The average Bonchev–Trinajstić information content (AvgIpc) is 2.55. The van der Waals surface area contributed by atoms with E-state index in [1.165, 1.54) is 22.4 Å². The van der Waals surface area contributed by atoms with Crippen LogP contribution in [0.25, 0.3) is 11.1 Å². The first-order valence-electron chi connectivity index (χ1n) is 5.93. The third kappa shape index (κ3) is 2.24. The fourth-order valence-corrected chi connectivity index (χ4v) is 2.16. The van der Waals surface area contributed by atoms with Crippen LogP contribution in [0.1, 0.15) is 17.0 Å². The van der Waals surface area contributed by atoms with E-state index < -0.39 is 0 Å². The van der Waals surface area contributed by atoms with E-state index in [0.29, 0.717) is 6.54 Å². The lowest BCUT2D eigenvalue weighted by Crippen LogP contribution is -2.04. The Kier molecular flexibility index (Phi) is 3.29. The van der Waals surface area contributed by atoms with E-state index in [4.69, 9.17) is 5.73 Å². The summed E-state index contributed by atoms with van der Waals surface area (Å²) in [5.41, 5.74) is 11.7. The Balaban J connectivity index is 2.57. The zero-order valence-corrected chi connectivity index (χ0v) is 10.7. The van der Waals surface area contributed by atoms with Gasteiger partial charge in [0.1, 0.15) is 0 Å². The fraction of sp³-hybridized carbons (Fsp3) is 0.357. The third-order valence-corrected chi connectivity index (χ3v) is 3.09. The van der Waals surface area contributed by atoms with Gasteiger partial charge in [-0.1, -0.05) is 29.8 Å². The summed E-state index contributed by atoms with van der Waals surface area (Å²) in [7, 11) is 1.98. The molecule has 0 saturated carbocycles. The quantitative estimate of drug-likeness (QED) is 0.877. The molecule has 3 nitrogen and oxygen atoms in total. The van der Waals surface area contributed by atoms with Crippen molar-refractivity contribution < 1.29 is 0 Å². The lowest BCUT2D eigenvalue weighted by atomic mass is 10.0. The first-order chi connectivity index (χ1) is 8.13. The van der Waals surface area contributed by atoms with Gasteiger partial charge in [0.25, 0.3) is 0 Å². The van der Waals surface area contributed by atoms with E-state index in [9.17, 15) is 0 Å². The fourth-order valence-electron chi connectivity index (χ4n) is 2.16. The SMILES string of the molecule is Cc1cccc(-c2c(CCN)nn(C)c2C)c1. The molecule has 0 aliphatic heterocycles. The number of nitrogens with two attached hydrogens (primary N) is 1. The molecule has 1 heterocycles. The summed E-state index contributed by atoms with van der Waals surface area (Å²) < 4.78 is 1.93. The molecule has 1 aromatic heterocycles. The molecule has 0 atom stereocenters. The maximum atomic E-state index is 5.65. The molecule has 0 unspecified atom stereocenters. The number of rotatable bonds is 3. The number of hydrogen-bond donors (Lipinski definition) is 1. The molecule has 2 aromatic rings. The minimum absolute atomic E-state index is 0.634. The van der Waals surface area contributed by atoms with Crippen molar-refractivity contribution in [1.82, 2.24) is 9.78 Å². The second-order valence-electron chi connectivity index (χ2n) is 4.44. The lowest BCUT2D eigenvalue weighted by molar-refractivity contribution is 0.718. The number of nitrogens with zero attached hydrogens (tertiary/aromatic N) is 2. The maximum Gasteiger partial charge on any atom is 0.0718 e. The van der Waals surface area contributed by atoms with Crippen molar-refractivity contribution in [2.75, 3.05) is 6.54 Å². The summed E-state index contributed by atoms with van der Waals surface area (Å²) >= 11 is 0. The molecule has 0 fully saturated rings. The van der Waals surface area contributed by atoms with Gasteiger partial charge in [0, 0.05) is 24.7 Å². The van der Waals surface area contributed by atoms with Crippen LogP contribution in [-0.2, 0) is 13.5 Å². The molecule has 0 aliphatic carbocycles. The molecule has 0 radical (unpaired) electrons. The third-order valence-electron chi connectivity index (χ3n) is 3.09. The average molecular weight is 229 g/mol. The van der Waals surface area contributed by atoms with Crippen LogP contribution in [-0.4, -0.2) is 16.3 Å². The van der Waals surface area contributed by atoms with Gasteiger partial charge in [-0.2, -0.15) is 5.10 Å². The number of benzene rings is 1. The molecule has 0 saturated heterocycles. The first-order valence-corrected chi connectivity index (χ1v) is 5.93. The van der Waals surface area contributed by atoms with E-state index >= 15 is 0 Å². The molecule has 90 valence electrons. The van der Waals surface area contributed by atoms with E-state index in [2.05, 4.69) is 43.2 Å². The number of hydrogen-bond acceptors (Lipinski definition) is 2. The molecule has 17 heavy (non-hydrogen) atoms. The monoisotopic (exact) mass is 229 g/mol. The molecule has 0 amide bonds. The van der Waals surface area contributed by atoms with Crippen LogP contribution in [0.4, 0.5) is 0 Å². The Morgan fingerprint density at radius 1 is 1.29 bits per heavy atom. The van der Waals surface area contributed by atoms with Crippen LogP contribution >= 0.6 is 0 Å². The highest BCUT2D eigenvalue weighted by Crippen LogP contribution is 2.27. The summed E-state index contributed by atoms with van der Waals surface area (Å²) in [5, 5.41) is 4.54. The van der Waals surface area contributed by atoms with E-state index in [-0.39, 0.29) is 0 Å². The van der Waals surface area contributed by atoms with Crippen LogP contribution in [0.5, 0.6) is 0 Å². The topological polar surface area (TPSA) is 43.8 Å². The number of aromatic nitrogens is 2. The van der Waals surface area contributed by atoms with E-state index in [1.54, 1.807) is 0 Å². The molecular formula is C14H19N3. The summed E-state index contributed by atoms with van der Waals surface area (Å²) in [5.74, 6) is 0. The highest BCUT2D eigenvalue weighted by molar-refractivity contribution is 5.69. The lowest BCUT2D eigenvalue weighted by Gasteiger charge is -2.04. The smallest absolute Gasteiger partial charge is 0.0718 e. The molecular weight excluding hydrogens is 210 g/mol. The summed E-state index contributed by atoms with van der Waals surface area (Å²) in [6, 6.07) is 8.53. The van der Waals surface area contributed by atoms with Gasteiger partial charge < -0.3 is 5.73 Å². The minimum Gasteiger partial charge on any atom is -0.330 e. The van der Waals surface area contributed by atoms with Crippen LogP contribution < -0.4 is 5.73 Å². The van der Waals surface area contributed by atoms with Crippen molar-refractivity contribution in [3.8, 4) is 11.1 Å². The Labute approximate surface area is 102 Å². The predicted molar refractivity (Wildman–Crippen MR) is 70.9 cm³/mol. The number of aryl methyl sites for hydroxylation is 2. The van der Waals surface area contributed by atoms with Crippen LogP contribution in [0.3, 0.4) is 0 Å². The van der Waals surface area contributed by atoms with Gasteiger partial charge in [0.05, 0.1) is 5.69 Å². The van der Waals surface area contributed by atoms with Crippen LogP contribution in [0, 0.1) is 13.8 Å². The largest absolute Gasteiger partial charge is 0.330 e. The highest BCUT2D eigenvalue weighted by atomic mass is 15.3. The van der Waals surface area contributed by atoms with Crippen molar-refractivity contribution in [1.29, 1.82) is 0 Å². The zero-order chi connectivity index (χ0) is 12.4. The Hall–Kier alpha value is -1.61. The highest BCUT2D eigenvalue weighted by Gasteiger charge is 2.13. The second kappa shape index (κ2) is 4.72. The molecule has 0 spiro atoms. The molecule has 0 aliphatic rings. The Morgan fingerprint density at radius 2 is 2.06 bits per heavy atom. The van der Waals surface area contributed by atoms with Crippen molar-refractivity contribution in [2.24, 2.45) is 12.8 Å². The molecule has 2 rings (SSSR count). The molecule has 0 bridgehead atoms. The van der Waals surface area contributed by atoms with Gasteiger partial charge in [-0.3, -0.25) is 4.68 Å². The van der Waals surface area contributed by atoms with Crippen LogP contribution in [0.2, 0.25) is 0 Å². The van der Waals surface area contributed by atoms with E-state index in [0.717, 1.165) is 12.1 Å². The van der Waals surface area contributed by atoms with Gasteiger partial charge in [-0.15, -0.1) is 0 Å². The van der Waals surface area contributed by atoms with Crippen molar-refractivity contribution in [3.63, 3.8) is 0 Å². The predicted octanol–water partition coefficient (Wildman–Crippen LogP) is 2.21. The first kappa shape index (κ1) is 11.9. The normalized spacial score (nSPS) is 10.8. The summed E-state index contributed by atoms with van der Waals surface area (Å²) in [6.07, 6.45) is 0.824. The zero-order valence-electron chi connectivity index (χ0n) is 10.7. The summed E-state index contributed by atoms with van der Waals surface area (Å²) in [4.78, 5) is 0. The van der Waals surface area contributed by atoms with Crippen LogP contribution in [0.15, 0.2) is 24.3 Å². The summed E-state index contributed by atoms with van der Waals surface area (Å²) in [6.45, 7) is 4.84. The Bertz CT molecular complexity index is 526. The second-order valence-corrected chi connectivity index (χ2v) is 4.44. The standard InChI is InChI=1S/C14H19N3/c1-10-5-4-6-12(9-10)14-11(2)17(3)16-13(14)7-8-15/h4-6,9H,7-8,15H2,1-3H3. The van der Waals surface area contributed by atoms with Crippen molar-refractivity contribution >= 4 is 0 Å². The van der Waals surface area contributed by atoms with Crippen molar-refractivity contribution in [3.05, 3.63) is 41.2 Å².